The number of carbonyl (C=O) groups excluding carboxylic acids is 1. The van der Waals surface area contributed by atoms with Gasteiger partial charge < -0.3 is 4.90 Å². The molecule has 28 heavy (non-hydrogen) atoms. The van der Waals surface area contributed by atoms with Crippen molar-refractivity contribution in [2.24, 2.45) is 13.0 Å². The van der Waals surface area contributed by atoms with Crippen LogP contribution in [0.4, 0.5) is 0 Å². The number of aryl methyl sites for hydroxylation is 1. The van der Waals surface area contributed by atoms with Crippen molar-refractivity contribution in [3.8, 4) is 17.3 Å². The Kier molecular flexibility index (Phi) is 4.96. The Hall–Kier alpha value is -2.62. The fourth-order valence-corrected chi connectivity index (χ4v) is 4.05. The summed E-state index contributed by atoms with van der Waals surface area (Å²) in [6.45, 7) is 1.14. The van der Waals surface area contributed by atoms with Crippen LogP contribution in [0.2, 0.25) is 10.0 Å². The lowest BCUT2D eigenvalue weighted by molar-refractivity contribution is 0.0709. The molecule has 0 spiro atoms. The van der Waals surface area contributed by atoms with Gasteiger partial charge in [0.05, 0.1) is 28.9 Å². The number of hydrogen-bond donors (Lipinski definition) is 0. The maximum Gasteiger partial charge on any atom is 0.254 e. The first kappa shape index (κ1) is 18.7. The van der Waals surface area contributed by atoms with Crippen molar-refractivity contribution in [3.63, 3.8) is 0 Å². The maximum absolute atomic E-state index is 13.3. The lowest BCUT2D eigenvalue weighted by Gasteiger charge is -2.29. The summed E-state index contributed by atoms with van der Waals surface area (Å²) in [4.78, 5) is 19.7. The number of halogens is 2. The third-order valence-corrected chi connectivity index (χ3v) is 5.49. The highest BCUT2D eigenvalue weighted by Crippen LogP contribution is 2.30. The summed E-state index contributed by atoms with van der Waals surface area (Å²) < 4.78 is 1.64. The number of pyridine rings is 1. The van der Waals surface area contributed by atoms with Crippen LogP contribution < -0.4 is 0 Å². The molecule has 142 valence electrons. The first-order chi connectivity index (χ1) is 13.5. The van der Waals surface area contributed by atoms with E-state index in [1.807, 2.05) is 0 Å². The van der Waals surface area contributed by atoms with E-state index in [0.717, 1.165) is 5.56 Å². The molecule has 8 heteroatoms. The van der Waals surface area contributed by atoms with E-state index in [4.69, 9.17) is 28.5 Å². The summed E-state index contributed by atoms with van der Waals surface area (Å²) >= 11 is 12.3. The van der Waals surface area contributed by atoms with Gasteiger partial charge in [0.1, 0.15) is 0 Å². The molecule has 3 heterocycles. The minimum absolute atomic E-state index is 0.0177. The number of piperidine rings is 1. The van der Waals surface area contributed by atoms with Gasteiger partial charge in [-0.1, -0.05) is 23.2 Å². The molecule has 0 atom stereocenters. The highest BCUT2D eigenvalue weighted by molar-refractivity contribution is 6.35. The van der Waals surface area contributed by atoms with Crippen molar-refractivity contribution in [3.05, 3.63) is 46.1 Å². The molecule has 3 aromatic rings. The number of carbonyl (C=O) groups is 1. The van der Waals surface area contributed by atoms with Crippen LogP contribution in [0.1, 0.15) is 23.2 Å². The Morgan fingerprint density at radius 3 is 2.50 bits per heavy atom. The summed E-state index contributed by atoms with van der Waals surface area (Å²) in [5.41, 5.74) is 2.50. The van der Waals surface area contributed by atoms with E-state index in [1.54, 1.807) is 47.1 Å². The molecule has 0 saturated carbocycles. The molecular weight excluding hydrogens is 397 g/mol. The second kappa shape index (κ2) is 7.42. The lowest BCUT2D eigenvalue weighted by Crippen LogP contribution is -2.38. The van der Waals surface area contributed by atoms with E-state index < -0.39 is 0 Å². The molecule has 1 amide bonds. The van der Waals surface area contributed by atoms with Crippen LogP contribution in [0.5, 0.6) is 0 Å². The summed E-state index contributed by atoms with van der Waals surface area (Å²) in [6.07, 6.45) is 3.05. The molecule has 1 aliphatic rings. The lowest BCUT2D eigenvalue weighted by atomic mass is 9.97. The largest absolute Gasteiger partial charge is 0.339 e. The number of aromatic nitrogens is 3. The fourth-order valence-electron chi connectivity index (χ4n) is 3.52. The van der Waals surface area contributed by atoms with Crippen molar-refractivity contribution in [2.75, 3.05) is 13.1 Å². The van der Waals surface area contributed by atoms with Gasteiger partial charge in [0, 0.05) is 41.7 Å². The molecule has 1 saturated heterocycles. The second-order valence-electron chi connectivity index (χ2n) is 6.91. The van der Waals surface area contributed by atoms with E-state index in [9.17, 15) is 4.79 Å². The van der Waals surface area contributed by atoms with Crippen molar-refractivity contribution in [2.45, 2.75) is 12.8 Å². The molecule has 1 aliphatic heterocycles. The van der Waals surface area contributed by atoms with E-state index in [1.165, 1.54) is 0 Å². The molecule has 0 radical (unpaired) electrons. The third-order valence-electron chi connectivity index (χ3n) is 5.06. The van der Waals surface area contributed by atoms with Crippen LogP contribution in [0.3, 0.4) is 0 Å². The average molecular weight is 414 g/mol. The van der Waals surface area contributed by atoms with Crippen molar-refractivity contribution in [1.82, 2.24) is 19.7 Å². The zero-order chi connectivity index (χ0) is 19.8. The molecule has 1 fully saturated rings. The molecule has 2 aromatic heterocycles. The van der Waals surface area contributed by atoms with Gasteiger partial charge in [-0.05, 0) is 37.1 Å². The van der Waals surface area contributed by atoms with Crippen LogP contribution in [0.15, 0.2) is 30.5 Å². The Balaban J connectivity index is 1.79. The number of likely N-dealkylation sites (tertiary alicyclic amines) is 1. The van der Waals surface area contributed by atoms with Crippen LogP contribution in [0, 0.1) is 17.2 Å². The fraction of sp³-hybridized carbons (Fsp3) is 0.300. The summed E-state index contributed by atoms with van der Waals surface area (Å²) in [6, 6.07) is 9.25. The second-order valence-corrected chi connectivity index (χ2v) is 7.79. The van der Waals surface area contributed by atoms with Gasteiger partial charge in [0.2, 0.25) is 0 Å². The van der Waals surface area contributed by atoms with Crippen LogP contribution in [-0.2, 0) is 7.05 Å². The highest BCUT2D eigenvalue weighted by Gasteiger charge is 2.26. The predicted octanol–water partition coefficient (Wildman–Crippen LogP) is 4.32. The maximum atomic E-state index is 13.3. The van der Waals surface area contributed by atoms with E-state index in [2.05, 4.69) is 16.2 Å². The number of hydrogen-bond acceptors (Lipinski definition) is 4. The molecule has 1 aromatic carbocycles. The van der Waals surface area contributed by atoms with Crippen molar-refractivity contribution >= 4 is 40.1 Å². The van der Waals surface area contributed by atoms with Crippen LogP contribution in [0.25, 0.3) is 22.3 Å². The number of fused-ring (bicyclic) bond motifs is 1. The Bertz CT molecular complexity index is 1090. The van der Waals surface area contributed by atoms with Crippen molar-refractivity contribution in [1.29, 1.82) is 5.26 Å². The summed E-state index contributed by atoms with van der Waals surface area (Å²) in [5.74, 6) is -0.0600. The van der Waals surface area contributed by atoms with Gasteiger partial charge in [0.15, 0.2) is 5.65 Å². The Morgan fingerprint density at radius 1 is 1.18 bits per heavy atom. The standard InChI is InChI=1S/C20H17Cl2N5O/c1-26-19-17(11-24-26)16(20(28)27-4-2-12(10-23)3-5-27)9-18(25-19)13-6-14(21)8-15(22)7-13/h6-9,11-12H,2-5H2,1H3. The number of amides is 1. The molecule has 0 bridgehead atoms. The Morgan fingerprint density at radius 2 is 1.86 bits per heavy atom. The minimum atomic E-state index is -0.0776. The first-order valence-corrected chi connectivity index (χ1v) is 9.70. The smallest absolute Gasteiger partial charge is 0.254 e. The summed E-state index contributed by atoms with van der Waals surface area (Å²) in [7, 11) is 1.79. The minimum Gasteiger partial charge on any atom is -0.339 e. The monoisotopic (exact) mass is 413 g/mol. The van der Waals surface area contributed by atoms with E-state index >= 15 is 0 Å². The highest BCUT2D eigenvalue weighted by atomic mass is 35.5. The van der Waals surface area contributed by atoms with Crippen molar-refractivity contribution < 1.29 is 4.79 Å². The van der Waals surface area contributed by atoms with Gasteiger partial charge >= 0.3 is 0 Å². The zero-order valence-electron chi connectivity index (χ0n) is 15.2. The van der Waals surface area contributed by atoms with Gasteiger partial charge in [-0.15, -0.1) is 0 Å². The summed E-state index contributed by atoms with van der Waals surface area (Å²) in [5, 5.41) is 15.1. The molecule has 0 unspecified atom stereocenters. The number of rotatable bonds is 2. The van der Waals surface area contributed by atoms with Gasteiger partial charge in [-0.2, -0.15) is 10.4 Å². The number of nitrogens with zero attached hydrogens (tertiary/aromatic N) is 5. The van der Waals surface area contributed by atoms with Gasteiger partial charge in [-0.25, -0.2) is 4.98 Å². The third kappa shape index (κ3) is 3.44. The molecular formula is C20H17Cl2N5O. The molecule has 0 aliphatic carbocycles. The van der Waals surface area contributed by atoms with E-state index in [-0.39, 0.29) is 11.8 Å². The van der Waals surface area contributed by atoms with E-state index in [0.29, 0.717) is 58.3 Å². The molecule has 6 nitrogen and oxygen atoms in total. The molecule has 0 N–H and O–H groups in total. The number of nitriles is 1. The first-order valence-electron chi connectivity index (χ1n) is 8.94. The van der Waals surface area contributed by atoms with Gasteiger partial charge in [0.25, 0.3) is 5.91 Å². The Labute approximate surface area is 172 Å². The normalized spacial score (nSPS) is 15.0. The zero-order valence-corrected chi connectivity index (χ0v) is 16.7. The van der Waals surface area contributed by atoms with Crippen LogP contribution >= 0.6 is 23.2 Å². The quantitative estimate of drug-likeness (QED) is 0.626. The topological polar surface area (TPSA) is 74.8 Å². The average Bonchev–Trinajstić information content (AvgIpc) is 3.07. The molecule has 4 rings (SSSR count). The predicted molar refractivity (Wildman–Crippen MR) is 108 cm³/mol. The van der Waals surface area contributed by atoms with Gasteiger partial charge in [-0.3, -0.25) is 9.48 Å². The number of benzene rings is 1. The SMILES string of the molecule is Cn1ncc2c(C(=O)N3CCC(C#N)CC3)cc(-c3cc(Cl)cc(Cl)c3)nc21. The van der Waals surface area contributed by atoms with Crippen LogP contribution in [-0.4, -0.2) is 38.7 Å².